The summed E-state index contributed by atoms with van der Waals surface area (Å²) in [5.41, 5.74) is 2.71. The van der Waals surface area contributed by atoms with E-state index >= 15 is 0 Å². The van der Waals surface area contributed by atoms with Gasteiger partial charge < -0.3 is 10.1 Å². The summed E-state index contributed by atoms with van der Waals surface area (Å²) in [6.07, 6.45) is 7.22. The van der Waals surface area contributed by atoms with Crippen molar-refractivity contribution in [3.05, 3.63) is 35.4 Å². The second-order valence-electron chi connectivity index (χ2n) is 5.72. The van der Waals surface area contributed by atoms with E-state index in [4.69, 9.17) is 4.74 Å². The van der Waals surface area contributed by atoms with E-state index in [1.807, 2.05) is 0 Å². The SMILES string of the molecule is Cc1ccccc1C(CNC1CC1)OC1CCC1. The van der Waals surface area contributed by atoms with Gasteiger partial charge in [0.15, 0.2) is 0 Å². The summed E-state index contributed by atoms with van der Waals surface area (Å²) in [7, 11) is 0. The van der Waals surface area contributed by atoms with E-state index in [2.05, 4.69) is 36.5 Å². The van der Waals surface area contributed by atoms with Gasteiger partial charge in [-0.2, -0.15) is 0 Å². The summed E-state index contributed by atoms with van der Waals surface area (Å²) in [5.74, 6) is 0. The molecule has 0 bridgehead atoms. The van der Waals surface area contributed by atoms with E-state index in [9.17, 15) is 0 Å². The highest BCUT2D eigenvalue weighted by molar-refractivity contribution is 5.28. The Labute approximate surface area is 110 Å². The smallest absolute Gasteiger partial charge is 0.0955 e. The minimum Gasteiger partial charge on any atom is -0.369 e. The third-order valence-corrected chi connectivity index (χ3v) is 4.11. The number of hydrogen-bond acceptors (Lipinski definition) is 2. The minimum atomic E-state index is 0.233. The van der Waals surface area contributed by atoms with E-state index in [-0.39, 0.29) is 6.10 Å². The predicted molar refractivity (Wildman–Crippen MR) is 73.7 cm³/mol. The first-order valence-corrected chi connectivity index (χ1v) is 7.27. The number of rotatable bonds is 6. The minimum absolute atomic E-state index is 0.233. The molecule has 2 aliphatic carbocycles. The summed E-state index contributed by atoms with van der Waals surface area (Å²) in [5, 5.41) is 3.61. The molecule has 0 saturated heterocycles. The Kier molecular flexibility index (Phi) is 3.67. The molecule has 2 aliphatic rings. The van der Waals surface area contributed by atoms with Crippen molar-refractivity contribution in [1.82, 2.24) is 5.32 Å². The maximum Gasteiger partial charge on any atom is 0.0955 e. The van der Waals surface area contributed by atoms with E-state index in [0.29, 0.717) is 6.10 Å². The van der Waals surface area contributed by atoms with Crippen LogP contribution in [0.15, 0.2) is 24.3 Å². The van der Waals surface area contributed by atoms with Crippen LogP contribution in [-0.2, 0) is 4.74 Å². The molecular formula is C16H23NO. The lowest BCUT2D eigenvalue weighted by molar-refractivity contribution is -0.0523. The van der Waals surface area contributed by atoms with Crippen LogP contribution in [0.5, 0.6) is 0 Å². The molecule has 2 nitrogen and oxygen atoms in total. The summed E-state index contributed by atoms with van der Waals surface area (Å²) >= 11 is 0. The van der Waals surface area contributed by atoms with Crippen molar-refractivity contribution in [3.63, 3.8) is 0 Å². The van der Waals surface area contributed by atoms with Gasteiger partial charge in [-0.05, 0) is 50.2 Å². The van der Waals surface area contributed by atoms with Crippen LogP contribution in [0.3, 0.4) is 0 Å². The Balaban J connectivity index is 1.67. The van der Waals surface area contributed by atoms with Crippen LogP contribution in [0, 0.1) is 6.92 Å². The van der Waals surface area contributed by atoms with Crippen LogP contribution >= 0.6 is 0 Å². The molecule has 2 fully saturated rings. The number of hydrogen-bond donors (Lipinski definition) is 1. The molecule has 2 saturated carbocycles. The van der Waals surface area contributed by atoms with Crippen LogP contribution < -0.4 is 5.32 Å². The highest BCUT2D eigenvalue weighted by Crippen LogP contribution is 2.30. The van der Waals surface area contributed by atoms with Crippen molar-refractivity contribution in [2.75, 3.05) is 6.54 Å². The number of aryl methyl sites for hydroxylation is 1. The fraction of sp³-hybridized carbons (Fsp3) is 0.625. The maximum absolute atomic E-state index is 6.27. The number of ether oxygens (including phenoxy) is 1. The summed E-state index contributed by atoms with van der Waals surface area (Å²) in [4.78, 5) is 0. The highest BCUT2D eigenvalue weighted by atomic mass is 16.5. The molecule has 1 atom stereocenters. The molecule has 18 heavy (non-hydrogen) atoms. The van der Waals surface area contributed by atoms with Gasteiger partial charge in [0.05, 0.1) is 12.2 Å². The van der Waals surface area contributed by atoms with Gasteiger partial charge in [0.2, 0.25) is 0 Å². The zero-order valence-electron chi connectivity index (χ0n) is 11.2. The van der Waals surface area contributed by atoms with Gasteiger partial charge >= 0.3 is 0 Å². The van der Waals surface area contributed by atoms with Crippen molar-refractivity contribution >= 4 is 0 Å². The molecule has 1 unspecified atom stereocenters. The van der Waals surface area contributed by atoms with Crippen LogP contribution in [0.25, 0.3) is 0 Å². The Hall–Kier alpha value is -0.860. The molecule has 0 aliphatic heterocycles. The second-order valence-corrected chi connectivity index (χ2v) is 5.72. The van der Waals surface area contributed by atoms with Crippen molar-refractivity contribution in [3.8, 4) is 0 Å². The molecule has 1 aromatic rings. The first-order chi connectivity index (χ1) is 8.83. The average Bonchev–Trinajstić information content (AvgIpc) is 3.12. The topological polar surface area (TPSA) is 21.3 Å². The van der Waals surface area contributed by atoms with Crippen LogP contribution in [0.2, 0.25) is 0 Å². The zero-order chi connectivity index (χ0) is 12.4. The lowest BCUT2D eigenvalue weighted by Gasteiger charge is -2.31. The van der Waals surface area contributed by atoms with Gasteiger partial charge in [0, 0.05) is 12.6 Å². The molecule has 2 heteroatoms. The van der Waals surface area contributed by atoms with Crippen molar-refractivity contribution < 1.29 is 4.74 Å². The molecule has 1 N–H and O–H groups in total. The second kappa shape index (κ2) is 5.41. The third kappa shape index (κ3) is 2.93. The molecule has 0 amide bonds. The summed E-state index contributed by atoms with van der Waals surface area (Å²) in [6, 6.07) is 9.38. The molecule has 1 aromatic carbocycles. The number of nitrogens with one attached hydrogen (secondary N) is 1. The van der Waals surface area contributed by atoms with Crippen LogP contribution in [-0.4, -0.2) is 18.7 Å². The zero-order valence-corrected chi connectivity index (χ0v) is 11.2. The quantitative estimate of drug-likeness (QED) is 0.830. The molecular weight excluding hydrogens is 222 g/mol. The van der Waals surface area contributed by atoms with Gasteiger partial charge in [0.25, 0.3) is 0 Å². The van der Waals surface area contributed by atoms with Gasteiger partial charge in [-0.15, -0.1) is 0 Å². The predicted octanol–water partition coefficient (Wildman–Crippen LogP) is 3.36. The fourth-order valence-corrected chi connectivity index (χ4v) is 2.48. The van der Waals surface area contributed by atoms with Gasteiger partial charge in [-0.25, -0.2) is 0 Å². The monoisotopic (exact) mass is 245 g/mol. The number of benzene rings is 1. The largest absolute Gasteiger partial charge is 0.369 e. The van der Waals surface area contributed by atoms with E-state index < -0.39 is 0 Å². The lowest BCUT2D eigenvalue weighted by atomic mass is 9.95. The van der Waals surface area contributed by atoms with Crippen molar-refractivity contribution in [1.29, 1.82) is 0 Å². The van der Waals surface area contributed by atoms with Crippen molar-refractivity contribution in [2.45, 2.75) is 57.3 Å². The van der Waals surface area contributed by atoms with E-state index in [0.717, 1.165) is 12.6 Å². The average molecular weight is 245 g/mol. The normalized spacial score (nSPS) is 21.6. The molecule has 0 radical (unpaired) electrons. The van der Waals surface area contributed by atoms with Gasteiger partial charge in [-0.3, -0.25) is 0 Å². The van der Waals surface area contributed by atoms with Gasteiger partial charge in [0.1, 0.15) is 0 Å². The third-order valence-electron chi connectivity index (χ3n) is 4.11. The summed E-state index contributed by atoms with van der Waals surface area (Å²) in [6.45, 7) is 3.15. The van der Waals surface area contributed by atoms with Crippen LogP contribution in [0.1, 0.15) is 49.3 Å². The Morgan fingerprint density at radius 3 is 2.61 bits per heavy atom. The standard InChI is InChI=1S/C16H23NO/c1-12-5-2-3-8-15(12)16(11-17-13-9-10-13)18-14-6-4-7-14/h2-3,5,8,13-14,16-17H,4,6-7,9-11H2,1H3. The fourth-order valence-electron chi connectivity index (χ4n) is 2.48. The Morgan fingerprint density at radius 2 is 2.00 bits per heavy atom. The Morgan fingerprint density at radius 1 is 1.22 bits per heavy atom. The van der Waals surface area contributed by atoms with Gasteiger partial charge in [-0.1, -0.05) is 24.3 Å². The first-order valence-electron chi connectivity index (χ1n) is 7.27. The maximum atomic E-state index is 6.27. The lowest BCUT2D eigenvalue weighted by Crippen LogP contribution is -2.31. The summed E-state index contributed by atoms with van der Waals surface area (Å²) < 4.78 is 6.27. The van der Waals surface area contributed by atoms with Crippen LogP contribution in [0.4, 0.5) is 0 Å². The molecule has 0 spiro atoms. The van der Waals surface area contributed by atoms with E-state index in [1.165, 1.54) is 43.2 Å². The molecule has 3 rings (SSSR count). The highest BCUT2D eigenvalue weighted by Gasteiger charge is 2.27. The Bertz CT molecular complexity index is 396. The van der Waals surface area contributed by atoms with E-state index in [1.54, 1.807) is 0 Å². The van der Waals surface area contributed by atoms with Crippen molar-refractivity contribution in [2.24, 2.45) is 0 Å². The molecule has 0 heterocycles. The first kappa shape index (κ1) is 12.2. The molecule has 98 valence electrons. The molecule has 0 aromatic heterocycles.